The number of hydrazine groups is 1. The molecule has 0 aliphatic rings. The van der Waals surface area contributed by atoms with Crippen molar-refractivity contribution in [1.29, 1.82) is 0 Å². The summed E-state index contributed by atoms with van der Waals surface area (Å²) in [6.07, 6.45) is 0. The topological polar surface area (TPSA) is 76.7 Å². The van der Waals surface area contributed by atoms with Gasteiger partial charge in [-0.1, -0.05) is 41.5 Å². The van der Waals surface area contributed by atoms with Gasteiger partial charge in [-0.3, -0.25) is 0 Å². The average Bonchev–Trinajstić information content (AvgIpc) is 2.86. The number of anilines is 1. The maximum absolute atomic E-state index is 5.53. The molecule has 3 N–H and O–H groups in total. The van der Waals surface area contributed by atoms with Gasteiger partial charge in [0, 0.05) is 22.3 Å². The van der Waals surface area contributed by atoms with E-state index in [1.165, 1.54) is 0 Å². The van der Waals surface area contributed by atoms with Crippen molar-refractivity contribution in [1.82, 2.24) is 15.0 Å². The van der Waals surface area contributed by atoms with Gasteiger partial charge in [-0.2, -0.15) is 0 Å². The van der Waals surface area contributed by atoms with Crippen molar-refractivity contribution in [2.45, 2.75) is 52.4 Å². The van der Waals surface area contributed by atoms with Crippen LogP contribution in [0.2, 0.25) is 0 Å². The lowest BCUT2D eigenvalue weighted by Crippen LogP contribution is -2.17. The van der Waals surface area contributed by atoms with Gasteiger partial charge >= 0.3 is 0 Å². The first-order valence-electron chi connectivity index (χ1n) is 6.94. The summed E-state index contributed by atoms with van der Waals surface area (Å²) in [6, 6.07) is 1.88. The van der Waals surface area contributed by atoms with E-state index in [-0.39, 0.29) is 10.8 Å². The first kappa shape index (κ1) is 15.9. The molecule has 0 saturated carbocycles. The molecular formula is C15H23N5S. The Morgan fingerprint density at radius 2 is 1.67 bits per heavy atom. The van der Waals surface area contributed by atoms with Crippen LogP contribution < -0.4 is 11.3 Å². The first-order chi connectivity index (χ1) is 9.61. The number of nitrogens with zero attached hydrogens (tertiary/aromatic N) is 3. The monoisotopic (exact) mass is 305 g/mol. The molecule has 0 aliphatic heterocycles. The lowest BCUT2D eigenvalue weighted by atomic mass is 9.92. The SMILES string of the molecule is CC(C)(C)c1cc(NN)nc(-c2csc(C(C)(C)C)n2)n1. The second-order valence-corrected chi connectivity index (χ2v) is 8.00. The molecule has 6 heteroatoms. The van der Waals surface area contributed by atoms with Crippen molar-refractivity contribution in [3.05, 3.63) is 22.1 Å². The van der Waals surface area contributed by atoms with Gasteiger partial charge in [0.2, 0.25) is 0 Å². The van der Waals surface area contributed by atoms with Crippen LogP contribution in [0.4, 0.5) is 5.82 Å². The molecule has 0 aromatic carbocycles. The normalized spacial score (nSPS) is 12.5. The molecular weight excluding hydrogens is 282 g/mol. The molecule has 0 radical (unpaired) electrons. The lowest BCUT2D eigenvalue weighted by molar-refractivity contribution is 0.567. The van der Waals surface area contributed by atoms with Crippen LogP contribution in [0.25, 0.3) is 11.5 Å². The average molecular weight is 305 g/mol. The Balaban J connectivity index is 2.51. The van der Waals surface area contributed by atoms with Crippen LogP contribution >= 0.6 is 11.3 Å². The molecule has 2 heterocycles. The van der Waals surface area contributed by atoms with Gasteiger partial charge in [-0.25, -0.2) is 20.8 Å². The molecule has 2 rings (SSSR count). The Hall–Kier alpha value is -1.53. The van der Waals surface area contributed by atoms with E-state index in [1.807, 2.05) is 11.4 Å². The van der Waals surface area contributed by atoms with E-state index in [2.05, 4.69) is 61.9 Å². The number of nitrogens with two attached hydrogens (primary N) is 1. The van der Waals surface area contributed by atoms with Crippen LogP contribution in [-0.2, 0) is 10.8 Å². The molecule has 2 aromatic rings. The second-order valence-electron chi connectivity index (χ2n) is 7.14. The van der Waals surface area contributed by atoms with E-state index in [1.54, 1.807) is 11.3 Å². The van der Waals surface area contributed by atoms with Gasteiger partial charge in [-0.05, 0) is 0 Å². The molecule has 0 fully saturated rings. The molecule has 0 unspecified atom stereocenters. The molecule has 5 nitrogen and oxygen atoms in total. The minimum Gasteiger partial charge on any atom is -0.308 e. The predicted molar refractivity (Wildman–Crippen MR) is 88.4 cm³/mol. The van der Waals surface area contributed by atoms with Gasteiger partial charge in [0.25, 0.3) is 0 Å². The minimum atomic E-state index is -0.0772. The van der Waals surface area contributed by atoms with Gasteiger partial charge < -0.3 is 5.43 Å². The molecule has 0 aliphatic carbocycles. The molecule has 21 heavy (non-hydrogen) atoms. The summed E-state index contributed by atoms with van der Waals surface area (Å²) in [4.78, 5) is 13.8. The summed E-state index contributed by atoms with van der Waals surface area (Å²) in [7, 11) is 0. The first-order valence-corrected chi connectivity index (χ1v) is 7.82. The Labute approximate surface area is 130 Å². The van der Waals surface area contributed by atoms with E-state index in [0.29, 0.717) is 11.6 Å². The highest BCUT2D eigenvalue weighted by Gasteiger charge is 2.22. The number of rotatable bonds is 2. The molecule has 0 spiro atoms. The van der Waals surface area contributed by atoms with E-state index in [0.717, 1.165) is 16.4 Å². The number of aromatic nitrogens is 3. The number of hydrogen-bond acceptors (Lipinski definition) is 6. The Bertz CT molecular complexity index is 634. The van der Waals surface area contributed by atoms with Gasteiger partial charge in [0.05, 0.1) is 10.7 Å². The van der Waals surface area contributed by atoms with Crippen molar-refractivity contribution in [3.63, 3.8) is 0 Å². The van der Waals surface area contributed by atoms with Crippen LogP contribution in [-0.4, -0.2) is 15.0 Å². The zero-order valence-corrected chi connectivity index (χ0v) is 14.3. The van der Waals surface area contributed by atoms with Crippen LogP contribution in [0, 0.1) is 0 Å². The highest BCUT2D eigenvalue weighted by molar-refractivity contribution is 7.10. The smallest absolute Gasteiger partial charge is 0.181 e. The fourth-order valence-corrected chi connectivity index (χ4v) is 2.63. The Morgan fingerprint density at radius 1 is 1.00 bits per heavy atom. The maximum Gasteiger partial charge on any atom is 0.181 e. The predicted octanol–water partition coefficient (Wildman–Crippen LogP) is 3.48. The van der Waals surface area contributed by atoms with Crippen LogP contribution in [0.15, 0.2) is 11.4 Å². The Kier molecular flexibility index (Phi) is 4.04. The minimum absolute atomic E-state index is 0.0273. The van der Waals surface area contributed by atoms with Gasteiger partial charge in [0.15, 0.2) is 5.82 Å². The second kappa shape index (κ2) is 5.35. The van der Waals surface area contributed by atoms with Gasteiger partial charge in [0.1, 0.15) is 11.5 Å². The fourth-order valence-electron chi connectivity index (χ4n) is 1.74. The quantitative estimate of drug-likeness (QED) is 0.656. The molecule has 0 amide bonds. The van der Waals surface area contributed by atoms with E-state index in [9.17, 15) is 0 Å². The zero-order valence-electron chi connectivity index (χ0n) is 13.5. The van der Waals surface area contributed by atoms with Crippen molar-refractivity contribution in [2.24, 2.45) is 5.84 Å². The molecule has 114 valence electrons. The van der Waals surface area contributed by atoms with E-state index in [4.69, 9.17) is 5.84 Å². The summed E-state index contributed by atoms with van der Waals surface area (Å²) < 4.78 is 0. The summed E-state index contributed by atoms with van der Waals surface area (Å²) in [6.45, 7) is 12.8. The molecule has 2 aromatic heterocycles. The van der Waals surface area contributed by atoms with Crippen molar-refractivity contribution < 1.29 is 0 Å². The van der Waals surface area contributed by atoms with Crippen LogP contribution in [0.1, 0.15) is 52.2 Å². The third kappa shape index (κ3) is 3.57. The molecule has 0 atom stereocenters. The van der Waals surface area contributed by atoms with Crippen molar-refractivity contribution in [2.75, 3.05) is 5.43 Å². The summed E-state index contributed by atoms with van der Waals surface area (Å²) >= 11 is 1.64. The maximum atomic E-state index is 5.53. The number of thiazole rings is 1. The zero-order chi connectivity index (χ0) is 15.8. The summed E-state index contributed by atoms with van der Waals surface area (Å²) in [5.41, 5.74) is 4.30. The molecule has 0 saturated heterocycles. The molecule has 0 bridgehead atoms. The lowest BCUT2D eigenvalue weighted by Gasteiger charge is -2.19. The summed E-state index contributed by atoms with van der Waals surface area (Å²) in [5.74, 6) is 6.75. The van der Waals surface area contributed by atoms with Crippen LogP contribution in [0.5, 0.6) is 0 Å². The number of nitrogens with one attached hydrogen (secondary N) is 1. The standard InChI is InChI=1S/C15H23N5S/c1-14(2,3)10-7-11(20-16)19-12(18-10)9-8-21-13(17-9)15(4,5)6/h7-8H,16H2,1-6H3,(H,18,19,20). The highest BCUT2D eigenvalue weighted by Crippen LogP contribution is 2.30. The van der Waals surface area contributed by atoms with E-state index >= 15 is 0 Å². The third-order valence-corrected chi connectivity index (χ3v) is 4.29. The van der Waals surface area contributed by atoms with E-state index < -0.39 is 0 Å². The van der Waals surface area contributed by atoms with Crippen molar-refractivity contribution >= 4 is 17.2 Å². The Morgan fingerprint density at radius 3 is 2.14 bits per heavy atom. The van der Waals surface area contributed by atoms with Crippen molar-refractivity contribution in [3.8, 4) is 11.5 Å². The third-order valence-electron chi connectivity index (χ3n) is 3.02. The largest absolute Gasteiger partial charge is 0.308 e. The number of nitrogen functional groups attached to an aromatic ring is 1. The summed E-state index contributed by atoms with van der Waals surface area (Å²) in [5, 5.41) is 3.08. The number of hydrogen-bond donors (Lipinski definition) is 2. The highest BCUT2D eigenvalue weighted by atomic mass is 32.1. The fraction of sp³-hybridized carbons (Fsp3) is 0.533. The van der Waals surface area contributed by atoms with Gasteiger partial charge in [-0.15, -0.1) is 11.3 Å². The van der Waals surface area contributed by atoms with Crippen LogP contribution in [0.3, 0.4) is 0 Å².